The molecule has 0 aliphatic carbocycles. The lowest BCUT2D eigenvalue weighted by atomic mass is 9.98. The highest BCUT2D eigenvalue weighted by molar-refractivity contribution is 6.99. The van der Waals surface area contributed by atoms with E-state index >= 15 is 0 Å². The lowest BCUT2D eigenvalue weighted by molar-refractivity contribution is 0.287. The Morgan fingerprint density at radius 1 is 0.686 bits per heavy atom. The van der Waals surface area contributed by atoms with Gasteiger partial charge in [-0.3, -0.25) is 0 Å². The molecule has 1 N–H and O–H groups in total. The first kappa shape index (κ1) is 27.1. The Balaban J connectivity index is 1.62. The van der Waals surface area contributed by atoms with Crippen LogP contribution in [0.4, 0.5) is 0 Å². The van der Waals surface area contributed by atoms with E-state index in [9.17, 15) is 0 Å². The highest BCUT2D eigenvalue weighted by Gasteiger charge is 2.49. The van der Waals surface area contributed by atoms with Crippen LogP contribution in [-0.2, 0) is 17.3 Å². The van der Waals surface area contributed by atoms with Crippen LogP contribution in [0.25, 0.3) is 0 Å². The fourth-order valence-corrected chi connectivity index (χ4v) is 9.66. The van der Waals surface area contributed by atoms with Gasteiger partial charge in [-0.05, 0) is 58.6 Å². The van der Waals surface area contributed by atoms with Crippen molar-refractivity contribution in [2.75, 3.05) is 13.2 Å². The summed E-state index contributed by atoms with van der Waals surface area (Å²) in [5, 5.41) is 11.7. The van der Waals surface area contributed by atoms with Gasteiger partial charge < -0.3 is 9.53 Å². The fraction of sp³-hybridized carbons (Fsp3) is 0.375. The maximum Gasteiger partial charge on any atom is 0.261 e. The van der Waals surface area contributed by atoms with Gasteiger partial charge in [0, 0.05) is 6.61 Å². The van der Waals surface area contributed by atoms with E-state index in [4.69, 9.17) is 9.53 Å². The topological polar surface area (TPSA) is 29.5 Å². The minimum Gasteiger partial charge on any atom is -0.407 e. The molecule has 3 aromatic rings. The summed E-state index contributed by atoms with van der Waals surface area (Å²) in [6, 6.07) is 30.6. The van der Waals surface area contributed by atoms with E-state index in [0.717, 1.165) is 38.7 Å². The van der Waals surface area contributed by atoms with Gasteiger partial charge in [-0.2, -0.15) is 0 Å². The molecule has 0 amide bonds. The molecule has 0 aliphatic rings. The number of rotatable bonds is 13. The van der Waals surface area contributed by atoms with Crippen LogP contribution in [0.15, 0.2) is 97.1 Å². The molecule has 3 rings (SSSR count). The van der Waals surface area contributed by atoms with Crippen molar-refractivity contribution in [1.29, 1.82) is 0 Å². The summed E-state index contributed by atoms with van der Waals surface area (Å²) < 4.78 is 7.03. The van der Waals surface area contributed by atoms with E-state index < -0.39 is 8.32 Å². The average Bonchev–Trinajstić information content (AvgIpc) is 2.87. The second kappa shape index (κ2) is 13.6. The average molecular weight is 487 g/mol. The Labute approximate surface area is 213 Å². The van der Waals surface area contributed by atoms with Gasteiger partial charge in [0.25, 0.3) is 8.32 Å². The second-order valence-electron chi connectivity index (χ2n) is 10.3. The summed E-state index contributed by atoms with van der Waals surface area (Å²) in [4.78, 5) is 0. The van der Waals surface area contributed by atoms with Gasteiger partial charge in [0.2, 0.25) is 0 Å². The van der Waals surface area contributed by atoms with E-state index in [1.54, 1.807) is 0 Å². The van der Waals surface area contributed by atoms with Crippen LogP contribution < -0.4 is 10.4 Å². The highest BCUT2D eigenvalue weighted by atomic mass is 28.4. The Morgan fingerprint density at radius 2 is 1.23 bits per heavy atom. The van der Waals surface area contributed by atoms with Crippen molar-refractivity contribution < 1.29 is 9.53 Å². The molecule has 2 nitrogen and oxygen atoms in total. The minimum atomic E-state index is -2.43. The quantitative estimate of drug-likeness (QED) is 0.171. The first-order chi connectivity index (χ1) is 17.0. The predicted octanol–water partition coefficient (Wildman–Crippen LogP) is 6.46. The first-order valence-electron chi connectivity index (χ1n) is 13.1. The van der Waals surface area contributed by atoms with Crippen molar-refractivity contribution >= 4 is 18.7 Å². The molecule has 0 aliphatic heterocycles. The van der Waals surface area contributed by atoms with E-state index in [2.05, 4.69) is 112 Å². The number of benzene rings is 3. The number of hydrogen-bond donors (Lipinski definition) is 1. The summed E-state index contributed by atoms with van der Waals surface area (Å²) in [5.41, 5.74) is 2.89. The molecule has 0 heterocycles. The highest BCUT2D eigenvalue weighted by Crippen LogP contribution is 2.36. The lowest BCUT2D eigenvalue weighted by Crippen LogP contribution is -2.66. The van der Waals surface area contributed by atoms with Crippen molar-refractivity contribution in [3.8, 4) is 0 Å². The van der Waals surface area contributed by atoms with Gasteiger partial charge >= 0.3 is 0 Å². The first-order valence-corrected chi connectivity index (χ1v) is 15.0. The van der Waals surface area contributed by atoms with Crippen LogP contribution >= 0.6 is 0 Å². The van der Waals surface area contributed by atoms with Crippen LogP contribution in [-0.4, -0.2) is 26.6 Å². The van der Waals surface area contributed by atoms with Gasteiger partial charge in [0.15, 0.2) is 0 Å². The Morgan fingerprint density at radius 3 is 1.77 bits per heavy atom. The minimum absolute atomic E-state index is 0.0269. The summed E-state index contributed by atoms with van der Waals surface area (Å²) in [6.07, 6.45) is 10.4. The smallest absolute Gasteiger partial charge is 0.261 e. The Bertz CT molecular complexity index is 983. The maximum atomic E-state index is 8.93. The number of unbranched alkanes of at least 4 members (excludes halogenated alkanes) is 2. The number of hydrogen-bond acceptors (Lipinski definition) is 2. The van der Waals surface area contributed by atoms with Crippen LogP contribution in [0.2, 0.25) is 5.04 Å². The van der Waals surface area contributed by atoms with Crippen molar-refractivity contribution in [2.45, 2.75) is 64.3 Å². The zero-order valence-corrected chi connectivity index (χ0v) is 22.7. The van der Waals surface area contributed by atoms with E-state index in [-0.39, 0.29) is 11.6 Å². The molecular weight excluding hydrogens is 444 g/mol. The van der Waals surface area contributed by atoms with Crippen LogP contribution in [0, 0.1) is 0 Å². The molecule has 0 fully saturated rings. The SMILES string of the molecule is CC(C)(C)[Si](OCCCCCc1ccccc1CC/C=C/CO)(c1ccccc1)c1ccccc1. The molecule has 0 saturated heterocycles. The number of allylic oxidation sites excluding steroid dienone is 1. The molecule has 0 unspecified atom stereocenters. The molecule has 0 atom stereocenters. The molecule has 0 radical (unpaired) electrons. The molecule has 186 valence electrons. The van der Waals surface area contributed by atoms with Crippen LogP contribution in [0.5, 0.6) is 0 Å². The maximum absolute atomic E-state index is 8.93. The summed E-state index contributed by atoms with van der Waals surface area (Å²) in [5.74, 6) is 0. The van der Waals surface area contributed by atoms with Crippen LogP contribution in [0.1, 0.15) is 57.6 Å². The largest absolute Gasteiger partial charge is 0.407 e. The third kappa shape index (κ3) is 7.27. The summed E-state index contributed by atoms with van der Waals surface area (Å²) >= 11 is 0. The summed E-state index contributed by atoms with van der Waals surface area (Å²) in [6.45, 7) is 7.93. The van der Waals surface area contributed by atoms with Crippen molar-refractivity contribution in [3.05, 3.63) is 108 Å². The van der Waals surface area contributed by atoms with Gasteiger partial charge in [0.05, 0.1) is 6.61 Å². The summed E-state index contributed by atoms with van der Waals surface area (Å²) in [7, 11) is -2.43. The van der Waals surface area contributed by atoms with E-state index in [1.165, 1.54) is 27.9 Å². The van der Waals surface area contributed by atoms with Gasteiger partial charge in [-0.15, -0.1) is 0 Å². The number of aliphatic hydroxyl groups is 1. The standard InChI is InChI=1S/C32H42O2Si/c1-32(2,3)35(30-22-10-4-11-23-30,31-24-12-5-13-25-31)34-27-17-7-9-19-29-21-15-14-20-28(29)18-8-6-16-26-33/h4-6,10-16,20-25,33H,7-9,17-19,26-27H2,1-3H3/b16-6+. The molecule has 0 bridgehead atoms. The van der Waals surface area contributed by atoms with Crippen molar-refractivity contribution in [1.82, 2.24) is 0 Å². The lowest BCUT2D eigenvalue weighted by Gasteiger charge is -2.43. The number of aliphatic hydroxyl groups excluding tert-OH is 1. The second-order valence-corrected chi connectivity index (χ2v) is 14.6. The predicted molar refractivity (Wildman–Crippen MR) is 152 cm³/mol. The third-order valence-corrected chi connectivity index (χ3v) is 11.8. The Hall–Kier alpha value is -2.46. The zero-order valence-electron chi connectivity index (χ0n) is 21.7. The number of aryl methyl sites for hydroxylation is 2. The van der Waals surface area contributed by atoms with Crippen molar-refractivity contribution in [3.63, 3.8) is 0 Å². The van der Waals surface area contributed by atoms with Gasteiger partial charge in [0.1, 0.15) is 0 Å². The zero-order chi connectivity index (χ0) is 25.0. The Kier molecular flexibility index (Phi) is 10.5. The third-order valence-electron chi connectivity index (χ3n) is 6.80. The molecular formula is C32H42O2Si. The van der Waals surface area contributed by atoms with Crippen molar-refractivity contribution in [2.24, 2.45) is 0 Å². The molecule has 3 aromatic carbocycles. The van der Waals surface area contributed by atoms with Crippen LogP contribution in [0.3, 0.4) is 0 Å². The van der Waals surface area contributed by atoms with E-state index in [0.29, 0.717) is 0 Å². The molecule has 35 heavy (non-hydrogen) atoms. The van der Waals surface area contributed by atoms with E-state index in [1.807, 2.05) is 6.08 Å². The van der Waals surface area contributed by atoms with Gasteiger partial charge in [-0.1, -0.05) is 124 Å². The monoisotopic (exact) mass is 486 g/mol. The normalized spacial score (nSPS) is 12.3. The molecule has 3 heteroatoms. The molecule has 0 saturated carbocycles. The fourth-order valence-electron chi connectivity index (χ4n) is 5.06. The van der Waals surface area contributed by atoms with Gasteiger partial charge in [-0.25, -0.2) is 0 Å². The molecule has 0 aromatic heterocycles. The molecule has 0 spiro atoms.